The molecule has 2 heteroatoms. The van der Waals surface area contributed by atoms with Crippen LogP contribution in [-0.4, -0.2) is 18.1 Å². The maximum absolute atomic E-state index is 3.92. The molecule has 23 heavy (non-hydrogen) atoms. The fourth-order valence-corrected chi connectivity index (χ4v) is 5.00. The maximum atomic E-state index is 3.92. The Morgan fingerprint density at radius 3 is 2.39 bits per heavy atom. The molecule has 2 N–H and O–H groups in total. The minimum absolute atomic E-state index is 0.197. The van der Waals surface area contributed by atoms with Gasteiger partial charge in [0, 0.05) is 17.6 Å². The molecule has 0 amide bonds. The highest BCUT2D eigenvalue weighted by Gasteiger charge is 2.57. The molecule has 2 aromatic carbocycles. The molecule has 2 fully saturated rings. The number of hydrogen-bond acceptors (Lipinski definition) is 2. The monoisotopic (exact) mass is 306 g/mol. The van der Waals surface area contributed by atoms with Crippen LogP contribution in [0.1, 0.15) is 37.7 Å². The average Bonchev–Trinajstić information content (AvgIpc) is 3.13. The zero-order valence-corrected chi connectivity index (χ0v) is 13.8. The van der Waals surface area contributed by atoms with Gasteiger partial charge >= 0.3 is 0 Å². The van der Waals surface area contributed by atoms with Crippen molar-refractivity contribution in [3.05, 3.63) is 66.2 Å². The van der Waals surface area contributed by atoms with Crippen molar-refractivity contribution in [3.8, 4) is 0 Å². The summed E-state index contributed by atoms with van der Waals surface area (Å²) in [5, 5.41) is 7.74. The lowest BCUT2D eigenvalue weighted by molar-refractivity contribution is 0.296. The second-order valence-electron chi connectivity index (χ2n) is 7.12. The molecule has 2 aliphatic rings. The number of rotatable bonds is 5. The van der Waals surface area contributed by atoms with Crippen molar-refractivity contribution < 1.29 is 0 Å². The van der Waals surface area contributed by atoms with E-state index in [0.29, 0.717) is 12.0 Å². The van der Waals surface area contributed by atoms with Crippen LogP contribution in [0.25, 0.3) is 0 Å². The van der Waals surface area contributed by atoms with Gasteiger partial charge in [0.2, 0.25) is 0 Å². The molecule has 0 heterocycles. The lowest BCUT2D eigenvalue weighted by atomic mass is 9.77. The van der Waals surface area contributed by atoms with Gasteiger partial charge in [-0.1, -0.05) is 55.5 Å². The van der Waals surface area contributed by atoms with E-state index in [1.54, 1.807) is 0 Å². The molecule has 120 valence electrons. The van der Waals surface area contributed by atoms with Crippen molar-refractivity contribution >= 4 is 5.69 Å². The van der Waals surface area contributed by atoms with Crippen LogP contribution in [0.3, 0.4) is 0 Å². The number of fused-ring (bicyclic) bond motifs is 2. The second-order valence-corrected chi connectivity index (χ2v) is 7.12. The smallest absolute Gasteiger partial charge is 0.0535 e. The molecule has 0 saturated heterocycles. The third-order valence-electron chi connectivity index (χ3n) is 5.83. The zero-order chi connectivity index (χ0) is 15.7. The Labute approximate surface area is 139 Å². The molecule has 0 aliphatic heterocycles. The van der Waals surface area contributed by atoms with E-state index in [1.807, 2.05) is 0 Å². The van der Waals surface area contributed by atoms with E-state index in [-0.39, 0.29) is 5.54 Å². The van der Waals surface area contributed by atoms with E-state index < -0.39 is 0 Å². The molecule has 2 nitrogen and oxygen atoms in total. The van der Waals surface area contributed by atoms with Gasteiger partial charge in [-0.15, -0.1) is 0 Å². The van der Waals surface area contributed by atoms with Crippen molar-refractivity contribution in [2.45, 2.75) is 43.7 Å². The first-order chi connectivity index (χ1) is 11.3. The Morgan fingerprint density at radius 1 is 1.00 bits per heavy atom. The van der Waals surface area contributed by atoms with E-state index in [0.717, 1.165) is 12.5 Å². The van der Waals surface area contributed by atoms with Gasteiger partial charge < -0.3 is 10.6 Å². The first-order valence-electron chi connectivity index (χ1n) is 8.94. The second kappa shape index (κ2) is 6.01. The van der Waals surface area contributed by atoms with Gasteiger partial charge in [-0.25, -0.2) is 0 Å². The van der Waals surface area contributed by atoms with Crippen LogP contribution < -0.4 is 10.6 Å². The molecular formula is C21H26N2. The molecule has 2 saturated carbocycles. The van der Waals surface area contributed by atoms with Gasteiger partial charge in [-0.3, -0.25) is 0 Å². The SMILES string of the molecule is CCNC1C(c2ccccc2)C2CCC1(Nc1ccccc1)C2. The molecule has 4 unspecified atom stereocenters. The zero-order valence-electron chi connectivity index (χ0n) is 13.8. The lowest BCUT2D eigenvalue weighted by Gasteiger charge is -2.41. The van der Waals surface area contributed by atoms with Gasteiger partial charge in [-0.05, 0) is 49.4 Å². The summed E-state index contributed by atoms with van der Waals surface area (Å²) in [6, 6.07) is 22.3. The van der Waals surface area contributed by atoms with E-state index in [2.05, 4.69) is 78.2 Å². The summed E-state index contributed by atoms with van der Waals surface area (Å²) < 4.78 is 0. The molecular weight excluding hydrogens is 280 g/mol. The van der Waals surface area contributed by atoms with Crippen LogP contribution in [0, 0.1) is 5.92 Å². The lowest BCUT2D eigenvalue weighted by Crippen LogP contribution is -2.54. The van der Waals surface area contributed by atoms with Crippen molar-refractivity contribution in [3.63, 3.8) is 0 Å². The van der Waals surface area contributed by atoms with Gasteiger partial charge in [0.05, 0.1) is 5.54 Å². The summed E-state index contributed by atoms with van der Waals surface area (Å²) in [7, 11) is 0. The molecule has 4 atom stereocenters. The highest BCUT2D eigenvalue weighted by Crippen LogP contribution is 2.56. The fraction of sp³-hybridized carbons (Fsp3) is 0.429. The van der Waals surface area contributed by atoms with Gasteiger partial charge in [0.1, 0.15) is 0 Å². The number of benzene rings is 2. The molecule has 2 aromatic rings. The van der Waals surface area contributed by atoms with Crippen molar-refractivity contribution in [2.75, 3.05) is 11.9 Å². The molecule has 2 bridgehead atoms. The predicted octanol–water partition coefficient (Wildman–Crippen LogP) is 4.41. The van der Waals surface area contributed by atoms with E-state index >= 15 is 0 Å². The van der Waals surface area contributed by atoms with Crippen LogP contribution in [0.15, 0.2) is 60.7 Å². The molecule has 2 aliphatic carbocycles. The summed E-state index contributed by atoms with van der Waals surface area (Å²) in [4.78, 5) is 0. The van der Waals surface area contributed by atoms with E-state index in [9.17, 15) is 0 Å². The highest BCUT2D eigenvalue weighted by molar-refractivity contribution is 5.48. The summed E-state index contributed by atoms with van der Waals surface area (Å²) in [6.07, 6.45) is 3.88. The standard InChI is InChI=1S/C21H26N2/c1-2-22-20-19(16-9-5-3-6-10-16)17-13-14-21(20,15-17)23-18-11-7-4-8-12-18/h3-12,17,19-20,22-23H,2,13-15H2,1H3. The molecule has 4 rings (SSSR count). The minimum Gasteiger partial charge on any atom is -0.378 e. The largest absolute Gasteiger partial charge is 0.378 e. The summed E-state index contributed by atoms with van der Waals surface area (Å²) >= 11 is 0. The quantitative estimate of drug-likeness (QED) is 0.855. The van der Waals surface area contributed by atoms with E-state index in [4.69, 9.17) is 0 Å². The number of para-hydroxylation sites is 1. The Hall–Kier alpha value is -1.80. The predicted molar refractivity (Wildman–Crippen MR) is 96.8 cm³/mol. The van der Waals surface area contributed by atoms with Crippen LogP contribution in [-0.2, 0) is 0 Å². The average molecular weight is 306 g/mol. The number of hydrogen-bond donors (Lipinski definition) is 2. The molecule has 0 aromatic heterocycles. The minimum atomic E-state index is 0.197. The normalized spacial score (nSPS) is 32.1. The van der Waals surface area contributed by atoms with Crippen LogP contribution in [0.2, 0.25) is 0 Å². The number of anilines is 1. The summed E-state index contributed by atoms with van der Waals surface area (Å²) in [5.74, 6) is 1.42. The maximum Gasteiger partial charge on any atom is 0.0535 e. The Morgan fingerprint density at radius 2 is 1.70 bits per heavy atom. The van der Waals surface area contributed by atoms with Crippen LogP contribution in [0.5, 0.6) is 0 Å². The van der Waals surface area contributed by atoms with Crippen molar-refractivity contribution in [2.24, 2.45) is 5.92 Å². The van der Waals surface area contributed by atoms with Crippen LogP contribution in [0.4, 0.5) is 5.69 Å². The first kappa shape index (κ1) is 14.8. The Bertz CT molecular complexity index is 639. The van der Waals surface area contributed by atoms with Gasteiger partial charge in [-0.2, -0.15) is 0 Å². The first-order valence-corrected chi connectivity index (χ1v) is 8.94. The Kier molecular flexibility index (Phi) is 3.86. The Balaban J connectivity index is 1.67. The topological polar surface area (TPSA) is 24.1 Å². The third-order valence-corrected chi connectivity index (χ3v) is 5.83. The van der Waals surface area contributed by atoms with Crippen molar-refractivity contribution in [1.29, 1.82) is 0 Å². The van der Waals surface area contributed by atoms with Gasteiger partial charge in [0.25, 0.3) is 0 Å². The van der Waals surface area contributed by atoms with Crippen molar-refractivity contribution in [1.82, 2.24) is 5.32 Å². The third kappa shape index (κ3) is 2.55. The van der Waals surface area contributed by atoms with E-state index in [1.165, 1.54) is 30.5 Å². The molecule has 0 spiro atoms. The summed E-state index contributed by atoms with van der Waals surface area (Å²) in [6.45, 7) is 3.25. The number of nitrogens with one attached hydrogen (secondary N) is 2. The highest BCUT2D eigenvalue weighted by atomic mass is 15.1. The number of likely N-dealkylation sites (N-methyl/N-ethyl adjacent to an activating group) is 1. The van der Waals surface area contributed by atoms with Crippen LogP contribution >= 0.6 is 0 Å². The molecule has 0 radical (unpaired) electrons. The summed E-state index contributed by atoms with van der Waals surface area (Å²) in [5.41, 5.74) is 2.95. The fourth-order valence-electron chi connectivity index (χ4n) is 5.00. The van der Waals surface area contributed by atoms with Gasteiger partial charge in [0.15, 0.2) is 0 Å².